The zero-order valence-corrected chi connectivity index (χ0v) is 16.1. The number of rotatable bonds is 3. The second-order valence-electron chi connectivity index (χ2n) is 6.20. The van der Waals surface area contributed by atoms with E-state index in [2.05, 4.69) is 15.2 Å². The summed E-state index contributed by atoms with van der Waals surface area (Å²) >= 11 is 12.4. The van der Waals surface area contributed by atoms with Crippen LogP contribution < -0.4 is 10.2 Å². The smallest absolute Gasteiger partial charge is 0.210 e. The second kappa shape index (κ2) is 6.78. The van der Waals surface area contributed by atoms with Gasteiger partial charge in [0.05, 0.1) is 14.8 Å². The fourth-order valence-electron chi connectivity index (χ4n) is 3.24. The van der Waals surface area contributed by atoms with Crippen molar-refractivity contribution in [3.05, 3.63) is 52.6 Å². The molecule has 3 aromatic rings. The fraction of sp³-hybridized carbons (Fsp3) is 0.222. The third-order valence-electron chi connectivity index (χ3n) is 4.58. The Morgan fingerprint density at radius 3 is 2.46 bits per heavy atom. The zero-order valence-electron chi connectivity index (χ0n) is 13.8. The minimum Gasteiger partial charge on any atom is -0.369 e. The lowest BCUT2D eigenvalue weighted by Crippen LogP contribution is -2.43. The Labute approximate surface area is 161 Å². The maximum absolute atomic E-state index is 13.2. The molecule has 4 rings (SSSR count). The summed E-state index contributed by atoms with van der Waals surface area (Å²) in [5, 5.41) is 4.55. The van der Waals surface area contributed by atoms with E-state index in [1.807, 2.05) is 6.07 Å². The average Bonchev–Trinajstić information content (AvgIpc) is 3.06. The molecule has 1 aromatic heterocycles. The molecular formula is C18H17Cl2N3O2S. The molecule has 2 heterocycles. The summed E-state index contributed by atoms with van der Waals surface area (Å²) in [7, 11) is -3.77. The number of aromatic nitrogens is 1. The molecule has 0 unspecified atom stereocenters. The average molecular weight is 410 g/mol. The highest BCUT2D eigenvalue weighted by atomic mass is 35.5. The van der Waals surface area contributed by atoms with Crippen molar-refractivity contribution in [3.8, 4) is 0 Å². The van der Waals surface area contributed by atoms with E-state index in [0.717, 1.165) is 31.9 Å². The van der Waals surface area contributed by atoms with Crippen LogP contribution in [0.5, 0.6) is 0 Å². The summed E-state index contributed by atoms with van der Waals surface area (Å²) in [5.41, 5.74) is 1.64. The molecule has 0 radical (unpaired) electrons. The highest BCUT2D eigenvalue weighted by Gasteiger charge is 2.25. The predicted molar refractivity (Wildman–Crippen MR) is 105 cm³/mol. The van der Waals surface area contributed by atoms with Gasteiger partial charge in [0.25, 0.3) is 0 Å². The molecule has 0 amide bonds. The summed E-state index contributed by atoms with van der Waals surface area (Å²) in [6.45, 7) is 3.52. The van der Waals surface area contributed by atoms with Crippen LogP contribution in [-0.4, -0.2) is 39.6 Å². The number of sulfone groups is 1. The number of benzene rings is 2. The van der Waals surface area contributed by atoms with Crippen molar-refractivity contribution in [2.24, 2.45) is 0 Å². The molecule has 5 nitrogen and oxygen atoms in total. The van der Waals surface area contributed by atoms with Gasteiger partial charge < -0.3 is 15.2 Å². The third kappa shape index (κ3) is 3.07. The Hall–Kier alpha value is -1.73. The molecule has 8 heteroatoms. The first kappa shape index (κ1) is 17.7. The van der Waals surface area contributed by atoms with E-state index in [1.165, 1.54) is 6.20 Å². The summed E-state index contributed by atoms with van der Waals surface area (Å²) in [6.07, 6.45) is 1.48. The van der Waals surface area contributed by atoms with Crippen molar-refractivity contribution in [2.75, 3.05) is 31.1 Å². The third-order valence-corrected chi connectivity index (χ3v) is 7.09. The normalized spacial score (nSPS) is 15.5. The summed E-state index contributed by atoms with van der Waals surface area (Å²) in [6, 6.07) is 10.2. The van der Waals surface area contributed by atoms with E-state index >= 15 is 0 Å². The van der Waals surface area contributed by atoms with Gasteiger partial charge in [-0.05, 0) is 36.4 Å². The van der Waals surface area contributed by atoms with Gasteiger partial charge in [0, 0.05) is 54.0 Å². The Morgan fingerprint density at radius 1 is 0.962 bits per heavy atom. The first-order valence-corrected chi connectivity index (χ1v) is 10.5. The van der Waals surface area contributed by atoms with Crippen LogP contribution in [0.15, 0.2) is 52.4 Å². The van der Waals surface area contributed by atoms with Crippen LogP contribution in [0.2, 0.25) is 10.0 Å². The molecule has 136 valence electrons. The lowest BCUT2D eigenvalue weighted by Gasteiger charge is -2.29. The number of H-pyrrole nitrogens is 1. The molecule has 1 aliphatic heterocycles. The minimum atomic E-state index is -3.77. The quantitative estimate of drug-likeness (QED) is 0.691. The van der Waals surface area contributed by atoms with Gasteiger partial charge in [-0.3, -0.25) is 0 Å². The molecule has 0 atom stereocenters. The Kier molecular flexibility index (Phi) is 4.61. The largest absolute Gasteiger partial charge is 0.369 e. The van der Waals surface area contributed by atoms with Gasteiger partial charge in [-0.1, -0.05) is 23.2 Å². The van der Waals surface area contributed by atoms with E-state index < -0.39 is 9.84 Å². The van der Waals surface area contributed by atoms with Crippen LogP contribution in [0.4, 0.5) is 5.69 Å². The topological polar surface area (TPSA) is 65.2 Å². The number of anilines is 1. The van der Waals surface area contributed by atoms with E-state index in [-0.39, 0.29) is 14.8 Å². The summed E-state index contributed by atoms with van der Waals surface area (Å²) in [4.78, 5) is 5.43. The van der Waals surface area contributed by atoms with Crippen LogP contribution in [0.1, 0.15) is 0 Å². The van der Waals surface area contributed by atoms with Crippen molar-refractivity contribution < 1.29 is 8.42 Å². The van der Waals surface area contributed by atoms with E-state index in [1.54, 1.807) is 30.3 Å². The maximum Gasteiger partial charge on any atom is 0.210 e. The van der Waals surface area contributed by atoms with Crippen molar-refractivity contribution in [3.63, 3.8) is 0 Å². The molecule has 26 heavy (non-hydrogen) atoms. The number of fused-ring (bicyclic) bond motifs is 1. The molecule has 0 bridgehead atoms. The predicted octanol–water partition coefficient (Wildman–Crippen LogP) is 3.72. The number of nitrogens with one attached hydrogen (secondary N) is 2. The first-order chi connectivity index (χ1) is 12.5. The van der Waals surface area contributed by atoms with Crippen LogP contribution in [-0.2, 0) is 9.84 Å². The fourth-order valence-corrected chi connectivity index (χ4v) is 5.36. The van der Waals surface area contributed by atoms with Gasteiger partial charge in [0.15, 0.2) is 0 Å². The molecule has 0 saturated carbocycles. The Balaban J connectivity index is 1.76. The Bertz CT molecular complexity index is 1070. The zero-order chi connectivity index (χ0) is 18.3. The second-order valence-corrected chi connectivity index (χ2v) is 8.93. The monoisotopic (exact) mass is 409 g/mol. The van der Waals surface area contributed by atoms with E-state index in [9.17, 15) is 8.42 Å². The number of piperazine rings is 1. The number of nitrogens with zero attached hydrogens (tertiary/aromatic N) is 1. The number of halogens is 2. The standard InChI is InChI=1S/C18H17Cl2N3O2S/c19-12-1-3-16-14(9-12)18(11-22-16)26(24,25)17-4-2-13(10-15(17)20)23-7-5-21-6-8-23/h1-4,9-11,21-22H,5-8H2. The maximum atomic E-state index is 13.2. The van der Waals surface area contributed by atoms with Gasteiger partial charge in [-0.2, -0.15) is 0 Å². The molecule has 1 aliphatic rings. The van der Waals surface area contributed by atoms with Crippen molar-refractivity contribution in [1.29, 1.82) is 0 Å². The minimum absolute atomic E-state index is 0.0962. The highest BCUT2D eigenvalue weighted by molar-refractivity contribution is 7.91. The van der Waals surface area contributed by atoms with Gasteiger partial charge in [-0.25, -0.2) is 8.42 Å². The molecule has 0 aliphatic carbocycles. The lowest BCUT2D eigenvalue weighted by molar-refractivity contribution is 0.588. The van der Waals surface area contributed by atoms with Crippen molar-refractivity contribution in [1.82, 2.24) is 10.3 Å². The van der Waals surface area contributed by atoms with E-state index in [4.69, 9.17) is 23.2 Å². The Morgan fingerprint density at radius 2 is 1.73 bits per heavy atom. The van der Waals surface area contributed by atoms with Crippen LogP contribution >= 0.6 is 23.2 Å². The lowest BCUT2D eigenvalue weighted by atomic mass is 10.2. The SMILES string of the molecule is O=S(=O)(c1ccc(N2CCNCC2)cc1Cl)c1c[nH]c2ccc(Cl)cc12. The van der Waals surface area contributed by atoms with Gasteiger partial charge in [-0.15, -0.1) is 0 Å². The summed E-state index contributed by atoms with van der Waals surface area (Å²) < 4.78 is 26.3. The summed E-state index contributed by atoms with van der Waals surface area (Å²) in [5.74, 6) is 0. The highest BCUT2D eigenvalue weighted by Crippen LogP contribution is 2.35. The number of hydrogen-bond donors (Lipinski definition) is 2. The molecule has 2 aromatic carbocycles. The van der Waals surface area contributed by atoms with Gasteiger partial charge >= 0.3 is 0 Å². The van der Waals surface area contributed by atoms with E-state index in [0.29, 0.717) is 15.9 Å². The van der Waals surface area contributed by atoms with Crippen molar-refractivity contribution in [2.45, 2.75) is 9.79 Å². The first-order valence-electron chi connectivity index (χ1n) is 8.24. The van der Waals surface area contributed by atoms with Crippen LogP contribution in [0, 0.1) is 0 Å². The van der Waals surface area contributed by atoms with Crippen LogP contribution in [0.3, 0.4) is 0 Å². The van der Waals surface area contributed by atoms with Gasteiger partial charge in [0.2, 0.25) is 9.84 Å². The molecular weight excluding hydrogens is 393 g/mol. The molecule has 2 N–H and O–H groups in total. The van der Waals surface area contributed by atoms with Crippen LogP contribution in [0.25, 0.3) is 10.9 Å². The molecule has 1 saturated heterocycles. The number of hydrogen-bond acceptors (Lipinski definition) is 4. The molecule has 0 spiro atoms. The van der Waals surface area contributed by atoms with Gasteiger partial charge in [0.1, 0.15) is 0 Å². The number of aromatic amines is 1. The molecule has 1 fully saturated rings. The van der Waals surface area contributed by atoms with Crippen molar-refractivity contribution >= 4 is 49.6 Å².